The van der Waals surface area contributed by atoms with Crippen molar-refractivity contribution in [2.75, 3.05) is 0 Å². The van der Waals surface area contributed by atoms with Crippen molar-refractivity contribution in [2.45, 2.75) is 78.2 Å². The number of allylic oxidation sites excluding steroid dienone is 2. The minimum Gasteiger partial charge on any atom is -0.462 e. The van der Waals surface area contributed by atoms with E-state index in [-0.39, 0.29) is 17.5 Å². The van der Waals surface area contributed by atoms with Gasteiger partial charge in [-0.3, -0.25) is 9.59 Å². The van der Waals surface area contributed by atoms with Crippen LogP contribution in [0.3, 0.4) is 0 Å². The summed E-state index contributed by atoms with van der Waals surface area (Å²) in [6.45, 7) is 6.28. The van der Waals surface area contributed by atoms with Crippen molar-refractivity contribution in [2.24, 2.45) is 17.3 Å². The van der Waals surface area contributed by atoms with Crippen molar-refractivity contribution in [3.63, 3.8) is 0 Å². The van der Waals surface area contributed by atoms with Gasteiger partial charge in [0.25, 0.3) is 0 Å². The van der Waals surface area contributed by atoms with Gasteiger partial charge in [0.1, 0.15) is 6.10 Å². The molecule has 3 heteroatoms. The molecule has 3 aliphatic rings. The Balaban J connectivity index is 1.87. The second kappa shape index (κ2) is 5.82. The maximum absolute atomic E-state index is 12.2. The molecule has 3 rings (SSSR count). The zero-order chi connectivity index (χ0) is 15.9. The standard InChI is InChI=1S/C19H28O3/c1-4-12-13-10-11-19(3)15(14(13)6-8-16(12)20)7-9-17(19)22-18(21)5-2/h14-15,17H,4-11H2,1-3H3/t14?,15?,17-,19-/m1/s1. The van der Waals surface area contributed by atoms with Crippen LogP contribution >= 0.6 is 0 Å². The molecule has 3 nitrogen and oxygen atoms in total. The molecule has 0 saturated heterocycles. The molecule has 0 aromatic heterocycles. The predicted octanol–water partition coefficient (Wildman–Crippen LogP) is 4.20. The summed E-state index contributed by atoms with van der Waals surface area (Å²) in [5.41, 5.74) is 2.68. The zero-order valence-electron chi connectivity index (χ0n) is 14.1. The third-order valence-electron chi connectivity index (χ3n) is 6.51. The fourth-order valence-corrected chi connectivity index (χ4v) is 5.30. The second-order valence-electron chi connectivity index (χ2n) is 7.45. The lowest BCUT2D eigenvalue weighted by molar-refractivity contribution is -0.156. The highest BCUT2D eigenvalue weighted by molar-refractivity contribution is 5.97. The Kier molecular flexibility index (Phi) is 4.17. The Hall–Kier alpha value is -1.12. The van der Waals surface area contributed by atoms with Crippen LogP contribution in [0.4, 0.5) is 0 Å². The summed E-state index contributed by atoms with van der Waals surface area (Å²) in [6.07, 6.45) is 7.34. The van der Waals surface area contributed by atoms with E-state index >= 15 is 0 Å². The minimum absolute atomic E-state index is 0.0683. The Labute approximate surface area is 133 Å². The quantitative estimate of drug-likeness (QED) is 0.734. The van der Waals surface area contributed by atoms with E-state index in [1.165, 1.54) is 5.57 Å². The first-order valence-electron chi connectivity index (χ1n) is 8.95. The third kappa shape index (κ3) is 2.33. The van der Waals surface area contributed by atoms with E-state index in [2.05, 4.69) is 13.8 Å². The van der Waals surface area contributed by atoms with Crippen molar-refractivity contribution >= 4 is 11.8 Å². The molecule has 0 spiro atoms. The molecule has 0 aliphatic heterocycles. The second-order valence-corrected chi connectivity index (χ2v) is 7.45. The van der Waals surface area contributed by atoms with Crippen LogP contribution < -0.4 is 0 Å². The molecule has 3 aliphatic carbocycles. The Bertz CT molecular complexity index is 519. The van der Waals surface area contributed by atoms with Crippen LogP contribution in [0.1, 0.15) is 72.1 Å². The van der Waals surface area contributed by atoms with E-state index in [1.807, 2.05) is 6.92 Å². The molecule has 0 aromatic rings. The number of ketones is 1. The number of hydrogen-bond donors (Lipinski definition) is 0. The third-order valence-corrected chi connectivity index (χ3v) is 6.51. The minimum atomic E-state index is -0.0683. The summed E-state index contributed by atoms with van der Waals surface area (Å²) in [5.74, 6) is 1.45. The van der Waals surface area contributed by atoms with Crippen molar-refractivity contribution in [3.05, 3.63) is 11.1 Å². The molecular formula is C19H28O3. The topological polar surface area (TPSA) is 43.4 Å². The van der Waals surface area contributed by atoms with Crippen molar-refractivity contribution in [1.82, 2.24) is 0 Å². The molecule has 4 atom stereocenters. The van der Waals surface area contributed by atoms with Crippen LogP contribution in [-0.2, 0) is 14.3 Å². The van der Waals surface area contributed by atoms with Crippen molar-refractivity contribution < 1.29 is 14.3 Å². The van der Waals surface area contributed by atoms with Crippen LogP contribution in [0, 0.1) is 17.3 Å². The molecule has 0 aromatic carbocycles. The molecule has 2 saturated carbocycles. The van der Waals surface area contributed by atoms with Gasteiger partial charge in [0.2, 0.25) is 0 Å². The first kappa shape index (κ1) is 15.8. The summed E-state index contributed by atoms with van der Waals surface area (Å²) in [7, 11) is 0. The first-order valence-corrected chi connectivity index (χ1v) is 8.95. The van der Waals surface area contributed by atoms with E-state index in [1.54, 1.807) is 0 Å². The maximum atomic E-state index is 12.2. The number of fused-ring (bicyclic) bond motifs is 3. The van der Waals surface area contributed by atoms with Gasteiger partial charge in [-0.2, -0.15) is 0 Å². The summed E-state index contributed by atoms with van der Waals surface area (Å²) >= 11 is 0. The smallest absolute Gasteiger partial charge is 0.305 e. The van der Waals surface area contributed by atoms with Crippen LogP contribution in [-0.4, -0.2) is 17.9 Å². The van der Waals surface area contributed by atoms with Gasteiger partial charge in [-0.1, -0.05) is 26.3 Å². The summed E-state index contributed by atoms with van der Waals surface area (Å²) < 4.78 is 5.77. The molecule has 2 fully saturated rings. The number of carbonyl (C=O) groups is 2. The number of carbonyl (C=O) groups excluding carboxylic acids is 2. The highest BCUT2D eigenvalue weighted by atomic mass is 16.5. The van der Waals surface area contributed by atoms with Crippen LogP contribution in [0.25, 0.3) is 0 Å². The molecule has 22 heavy (non-hydrogen) atoms. The summed E-state index contributed by atoms with van der Waals surface area (Å²) in [6, 6.07) is 0. The number of hydrogen-bond acceptors (Lipinski definition) is 3. The molecular weight excluding hydrogens is 276 g/mol. The van der Waals surface area contributed by atoms with E-state index in [9.17, 15) is 9.59 Å². The number of ether oxygens (including phenoxy) is 1. The summed E-state index contributed by atoms with van der Waals surface area (Å²) in [5, 5.41) is 0. The predicted molar refractivity (Wildman–Crippen MR) is 85.3 cm³/mol. The van der Waals surface area contributed by atoms with E-state index in [0.29, 0.717) is 30.5 Å². The van der Waals surface area contributed by atoms with Gasteiger partial charge in [0.15, 0.2) is 5.78 Å². The van der Waals surface area contributed by atoms with Crippen LogP contribution in [0.2, 0.25) is 0 Å². The molecule has 2 unspecified atom stereocenters. The first-order chi connectivity index (χ1) is 10.5. The molecule has 122 valence electrons. The molecule has 0 amide bonds. The van der Waals surface area contributed by atoms with E-state index in [4.69, 9.17) is 4.74 Å². The van der Waals surface area contributed by atoms with E-state index in [0.717, 1.165) is 44.1 Å². The molecule has 0 bridgehead atoms. The van der Waals surface area contributed by atoms with Gasteiger partial charge in [0, 0.05) is 18.3 Å². The summed E-state index contributed by atoms with van der Waals surface area (Å²) in [4.78, 5) is 23.9. The fourth-order valence-electron chi connectivity index (χ4n) is 5.30. The number of rotatable bonds is 3. The molecule has 0 radical (unpaired) electrons. The lowest BCUT2D eigenvalue weighted by Gasteiger charge is -2.47. The number of esters is 1. The Morgan fingerprint density at radius 2 is 2.00 bits per heavy atom. The fraction of sp³-hybridized carbons (Fsp3) is 0.789. The van der Waals surface area contributed by atoms with Crippen LogP contribution in [0.15, 0.2) is 11.1 Å². The average molecular weight is 304 g/mol. The zero-order valence-corrected chi connectivity index (χ0v) is 14.1. The highest BCUT2D eigenvalue weighted by Crippen LogP contribution is 2.59. The molecule has 0 N–H and O–H groups in total. The van der Waals surface area contributed by atoms with E-state index < -0.39 is 0 Å². The lowest BCUT2D eigenvalue weighted by Crippen LogP contribution is -2.43. The van der Waals surface area contributed by atoms with Gasteiger partial charge < -0.3 is 4.74 Å². The van der Waals surface area contributed by atoms with Gasteiger partial charge in [0.05, 0.1) is 0 Å². The van der Waals surface area contributed by atoms with Gasteiger partial charge >= 0.3 is 5.97 Å². The Morgan fingerprint density at radius 3 is 2.68 bits per heavy atom. The van der Waals surface area contributed by atoms with Crippen molar-refractivity contribution in [3.8, 4) is 0 Å². The van der Waals surface area contributed by atoms with Crippen molar-refractivity contribution in [1.29, 1.82) is 0 Å². The van der Waals surface area contributed by atoms with Gasteiger partial charge in [-0.15, -0.1) is 0 Å². The maximum Gasteiger partial charge on any atom is 0.305 e. The van der Waals surface area contributed by atoms with Gasteiger partial charge in [-0.05, 0) is 55.9 Å². The normalized spacial score (nSPS) is 37.8. The lowest BCUT2D eigenvalue weighted by atomic mass is 9.58. The largest absolute Gasteiger partial charge is 0.462 e. The highest BCUT2D eigenvalue weighted by Gasteiger charge is 2.55. The van der Waals surface area contributed by atoms with Crippen LogP contribution in [0.5, 0.6) is 0 Å². The Morgan fingerprint density at radius 1 is 1.23 bits per heavy atom. The average Bonchev–Trinajstić information content (AvgIpc) is 2.84. The molecule has 0 heterocycles. The number of Topliss-reactive ketones (excluding diaryl/α,β-unsaturated/α-hetero) is 1. The monoisotopic (exact) mass is 304 g/mol. The SMILES string of the molecule is CCC(=O)O[C@@H]1CCC2C3CCC(=O)C(CC)=C3CC[C@]21C. The van der Waals surface area contributed by atoms with Gasteiger partial charge in [-0.25, -0.2) is 0 Å².